The van der Waals surface area contributed by atoms with E-state index in [9.17, 15) is 0 Å². The Morgan fingerprint density at radius 1 is 1.56 bits per heavy atom. The normalized spacial score (nSPS) is 9.00. The molecule has 46 valence electrons. The van der Waals surface area contributed by atoms with Crippen molar-refractivity contribution in [3.05, 3.63) is 24.3 Å². The number of hydrogen-bond acceptors (Lipinski definition) is 3. The summed E-state index contributed by atoms with van der Waals surface area (Å²) in [6, 6.07) is 0. The van der Waals surface area contributed by atoms with Crippen LogP contribution in [-0.4, -0.2) is 15.2 Å². The van der Waals surface area contributed by atoms with Crippen molar-refractivity contribution < 1.29 is 0 Å². The summed E-state index contributed by atoms with van der Waals surface area (Å²) in [5, 5.41) is 7.48. The first-order valence-corrected chi connectivity index (χ1v) is 2.61. The highest BCUT2D eigenvalue weighted by Crippen LogP contribution is 1.88. The summed E-state index contributed by atoms with van der Waals surface area (Å²) in [5.41, 5.74) is 0.820. The van der Waals surface area contributed by atoms with Crippen molar-refractivity contribution in [1.29, 1.82) is 0 Å². The smallest absolute Gasteiger partial charge is 0.173 e. The Morgan fingerprint density at radius 3 is 2.78 bits per heavy atom. The number of aromatic nitrogens is 3. The lowest BCUT2D eigenvalue weighted by molar-refractivity contribution is 0.911. The average Bonchev–Trinajstić information content (AvgIpc) is 1.90. The Bertz CT molecular complexity index is 202. The molecule has 3 nitrogen and oxygen atoms in total. The van der Waals surface area contributed by atoms with Crippen molar-refractivity contribution in [3.63, 3.8) is 0 Å². The molecular weight excluding hydrogens is 114 g/mol. The summed E-state index contributed by atoms with van der Waals surface area (Å²) in [4.78, 5) is 3.91. The summed E-state index contributed by atoms with van der Waals surface area (Å²) in [6.45, 7) is 5.34. The van der Waals surface area contributed by atoms with E-state index in [0.717, 1.165) is 5.69 Å². The molecule has 1 aromatic heterocycles. The summed E-state index contributed by atoms with van der Waals surface area (Å²) in [6.07, 6.45) is 3.22. The standard InChI is InChI=1S/C6H7N3/c1-3-6-7-4-5(2)8-9-6/h3-4H,1H2,2H3. The van der Waals surface area contributed by atoms with Crippen LogP contribution in [0.1, 0.15) is 11.5 Å². The van der Waals surface area contributed by atoms with E-state index in [1.54, 1.807) is 12.3 Å². The van der Waals surface area contributed by atoms with Crippen LogP contribution < -0.4 is 0 Å². The lowest BCUT2D eigenvalue weighted by Gasteiger charge is -1.88. The highest BCUT2D eigenvalue weighted by Gasteiger charge is 1.86. The van der Waals surface area contributed by atoms with Crippen LogP contribution in [0.15, 0.2) is 12.8 Å². The molecule has 0 bridgehead atoms. The third-order valence-electron chi connectivity index (χ3n) is 0.876. The molecule has 1 heterocycles. The molecule has 0 N–H and O–H groups in total. The second-order valence-electron chi connectivity index (χ2n) is 1.66. The molecule has 1 aromatic rings. The van der Waals surface area contributed by atoms with Gasteiger partial charge in [-0.05, 0) is 13.0 Å². The summed E-state index contributed by atoms with van der Waals surface area (Å²) in [5.74, 6) is 0.570. The fourth-order valence-corrected chi connectivity index (χ4v) is 0.435. The predicted octanol–water partition coefficient (Wildman–Crippen LogP) is 0.823. The van der Waals surface area contributed by atoms with Crippen LogP contribution in [0.5, 0.6) is 0 Å². The van der Waals surface area contributed by atoms with Crippen LogP contribution >= 0.6 is 0 Å². The molecule has 0 spiro atoms. The lowest BCUT2D eigenvalue weighted by Crippen LogP contribution is -1.91. The molecule has 0 atom stereocenters. The van der Waals surface area contributed by atoms with Gasteiger partial charge in [-0.15, -0.1) is 5.10 Å². The molecule has 0 aromatic carbocycles. The van der Waals surface area contributed by atoms with E-state index < -0.39 is 0 Å². The van der Waals surface area contributed by atoms with Crippen molar-refractivity contribution in [3.8, 4) is 0 Å². The molecule has 0 fully saturated rings. The molecule has 9 heavy (non-hydrogen) atoms. The summed E-state index contributed by atoms with van der Waals surface area (Å²) in [7, 11) is 0. The third kappa shape index (κ3) is 1.32. The maximum absolute atomic E-state index is 3.91. The zero-order valence-corrected chi connectivity index (χ0v) is 5.20. The first-order valence-electron chi connectivity index (χ1n) is 2.61. The van der Waals surface area contributed by atoms with Crippen molar-refractivity contribution in [2.24, 2.45) is 0 Å². The molecule has 0 amide bonds. The minimum atomic E-state index is 0.570. The van der Waals surface area contributed by atoms with Gasteiger partial charge >= 0.3 is 0 Å². The quantitative estimate of drug-likeness (QED) is 0.552. The van der Waals surface area contributed by atoms with Crippen LogP contribution in [-0.2, 0) is 0 Å². The molecule has 0 radical (unpaired) electrons. The zero-order chi connectivity index (χ0) is 6.69. The van der Waals surface area contributed by atoms with Gasteiger partial charge in [0, 0.05) is 0 Å². The van der Waals surface area contributed by atoms with E-state index in [4.69, 9.17) is 0 Å². The minimum absolute atomic E-state index is 0.570. The number of hydrogen-bond donors (Lipinski definition) is 0. The molecule has 0 aliphatic rings. The maximum Gasteiger partial charge on any atom is 0.173 e. The van der Waals surface area contributed by atoms with E-state index in [-0.39, 0.29) is 0 Å². The minimum Gasteiger partial charge on any atom is -0.234 e. The van der Waals surface area contributed by atoms with Crippen LogP contribution in [0.4, 0.5) is 0 Å². The number of nitrogens with zero attached hydrogens (tertiary/aromatic N) is 3. The monoisotopic (exact) mass is 121 g/mol. The van der Waals surface area contributed by atoms with Gasteiger partial charge in [0.05, 0.1) is 11.9 Å². The van der Waals surface area contributed by atoms with Crippen molar-refractivity contribution in [2.45, 2.75) is 6.92 Å². The Hall–Kier alpha value is -1.25. The first kappa shape index (κ1) is 5.88. The maximum atomic E-state index is 3.91. The molecule has 0 aliphatic heterocycles. The van der Waals surface area contributed by atoms with Crippen LogP contribution in [0.2, 0.25) is 0 Å². The van der Waals surface area contributed by atoms with E-state index in [1.165, 1.54) is 0 Å². The van der Waals surface area contributed by atoms with E-state index in [2.05, 4.69) is 21.8 Å². The molecule has 0 saturated carbocycles. The highest BCUT2D eigenvalue weighted by molar-refractivity contribution is 5.33. The molecule has 1 rings (SSSR count). The fourth-order valence-electron chi connectivity index (χ4n) is 0.435. The Balaban J connectivity index is 3.01. The molecule has 0 saturated heterocycles. The van der Waals surface area contributed by atoms with Gasteiger partial charge in [0.25, 0.3) is 0 Å². The largest absolute Gasteiger partial charge is 0.234 e. The van der Waals surface area contributed by atoms with E-state index in [0.29, 0.717) is 5.82 Å². The zero-order valence-electron chi connectivity index (χ0n) is 5.20. The van der Waals surface area contributed by atoms with Gasteiger partial charge in [-0.3, -0.25) is 0 Å². The van der Waals surface area contributed by atoms with Gasteiger partial charge in [0.15, 0.2) is 5.82 Å². The second-order valence-corrected chi connectivity index (χ2v) is 1.66. The number of aryl methyl sites for hydroxylation is 1. The fraction of sp³-hybridized carbons (Fsp3) is 0.167. The SMILES string of the molecule is C=Cc1ncc(C)nn1. The topological polar surface area (TPSA) is 38.7 Å². The highest BCUT2D eigenvalue weighted by atomic mass is 15.1. The Labute approximate surface area is 53.5 Å². The molecular formula is C6H7N3. The number of rotatable bonds is 1. The van der Waals surface area contributed by atoms with Crippen molar-refractivity contribution in [1.82, 2.24) is 15.2 Å². The van der Waals surface area contributed by atoms with Gasteiger partial charge in [0.2, 0.25) is 0 Å². The van der Waals surface area contributed by atoms with Gasteiger partial charge < -0.3 is 0 Å². The second kappa shape index (κ2) is 2.35. The molecule has 0 aliphatic carbocycles. The van der Waals surface area contributed by atoms with Gasteiger partial charge in [-0.2, -0.15) is 5.10 Å². The first-order chi connectivity index (χ1) is 4.33. The van der Waals surface area contributed by atoms with Gasteiger partial charge in [0.1, 0.15) is 0 Å². The summed E-state index contributed by atoms with van der Waals surface area (Å²) >= 11 is 0. The van der Waals surface area contributed by atoms with Crippen LogP contribution in [0.25, 0.3) is 6.08 Å². The lowest BCUT2D eigenvalue weighted by atomic mass is 10.5. The van der Waals surface area contributed by atoms with Gasteiger partial charge in [-0.25, -0.2) is 4.98 Å². The average molecular weight is 121 g/mol. The summed E-state index contributed by atoms with van der Waals surface area (Å²) < 4.78 is 0. The van der Waals surface area contributed by atoms with E-state index in [1.807, 2.05) is 6.92 Å². The third-order valence-corrected chi connectivity index (χ3v) is 0.876. The molecule has 0 unspecified atom stereocenters. The van der Waals surface area contributed by atoms with Crippen molar-refractivity contribution in [2.75, 3.05) is 0 Å². The Kier molecular flexibility index (Phi) is 1.53. The molecule has 3 heteroatoms. The van der Waals surface area contributed by atoms with Crippen LogP contribution in [0, 0.1) is 6.92 Å². The van der Waals surface area contributed by atoms with Gasteiger partial charge in [-0.1, -0.05) is 6.58 Å². The van der Waals surface area contributed by atoms with Crippen molar-refractivity contribution >= 4 is 6.08 Å². The van der Waals surface area contributed by atoms with Crippen LogP contribution in [0.3, 0.4) is 0 Å². The predicted molar refractivity (Wildman–Crippen MR) is 34.7 cm³/mol. The Morgan fingerprint density at radius 2 is 2.33 bits per heavy atom. The van der Waals surface area contributed by atoms with E-state index >= 15 is 0 Å².